The molecule has 0 aromatic carbocycles. The zero-order valence-corrected chi connectivity index (χ0v) is 29.4. The second-order valence-electron chi connectivity index (χ2n) is 17.2. The van der Waals surface area contributed by atoms with Gasteiger partial charge in [0.2, 0.25) is 0 Å². The smallest absolute Gasteiger partial charge is 0.0179 e. The van der Waals surface area contributed by atoms with Gasteiger partial charge in [0, 0.05) is 0 Å². The molecule has 5 rings (SSSR count). The fraction of sp³-hybridized carbons (Fsp3) is 1.00. The van der Waals surface area contributed by atoms with Crippen LogP contribution in [0.1, 0.15) is 231 Å². The van der Waals surface area contributed by atoms with E-state index in [2.05, 4.69) is 0 Å². The van der Waals surface area contributed by atoms with Crippen LogP contribution in [-0.2, 0) is 0 Å². The molecule has 5 aliphatic carbocycles. The van der Waals surface area contributed by atoms with Crippen molar-refractivity contribution in [3.05, 3.63) is 0 Å². The van der Waals surface area contributed by atoms with E-state index in [0.29, 0.717) is 5.41 Å². The fourth-order valence-corrected chi connectivity index (χ4v) is 12.7. The molecule has 0 radical (unpaired) electrons. The van der Waals surface area contributed by atoms with Crippen molar-refractivity contribution < 1.29 is 0 Å². The predicted molar refractivity (Wildman–Crippen MR) is 190 cm³/mol. The molecule has 250 valence electrons. The van der Waals surface area contributed by atoms with Gasteiger partial charge in [-0.1, -0.05) is 193 Å². The predicted octanol–water partition coefficient (Wildman–Crippen LogP) is 14.8. The molecule has 0 heteroatoms. The minimum absolute atomic E-state index is 0.664. The topological polar surface area (TPSA) is 0 Å². The van der Waals surface area contributed by atoms with E-state index in [-0.39, 0.29) is 0 Å². The van der Waals surface area contributed by atoms with Gasteiger partial charge in [0.1, 0.15) is 0 Å². The maximum absolute atomic E-state index is 1.63. The molecule has 3 unspecified atom stereocenters. The molecule has 0 aromatic heterocycles. The maximum atomic E-state index is 1.63. The van der Waals surface area contributed by atoms with E-state index < -0.39 is 0 Å². The summed E-state index contributed by atoms with van der Waals surface area (Å²) in [6.07, 6.45) is 56.3. The largest absolute Gasteiger partial charge is 0.0533 e. The first-order chi connectivity index (χ1) is 21.4. The lowest BCUT2D eigenvalue weighted by Gasteiger charge is -2.61. The second kappa shape index (κ2) is 19.6. The van der Waals surface area contributed by atoms with Crippen molar-refractivity contribution in [1.82, 2.24) is 0 Å². The van der Waals surface area contributed by atoms with E-state index in [1.165, 1.54) is 64.2 Å². The molecule has 0 aromatic rings. The second-order valence-corrected chi connectivity index (χ2v) is 17.2. The Labute approximate surface area is 271 Å². The molecule has 0 bridgehead atoms. The van der Waals surface area contributed by atoms with Gasteiger partial charge in [0.25, 0.3) is 0 Å². The summed E-state index contributed by atoms with van der Waals surface area (Å²) in [5.41, 5.74) is 0.664. The lowest BCUT2D eigenvalue weighted by molar-refractivity contribution is -0.128. The third-order valence-electron chi connectivity index (χ3n) is 14.6. The molecule has 0 N–H and O–H groups in total. The summed E-state index contributed by atoms with van der Waals surface area (Å²) in [5.74, 6) is 6.31. The number of rotatable bonds is 4. The van der Waals surface area contributed by atoms with Gasteiger partial charge in [-0.3, -0.25) is 0 Å². The third kappa shape index (κ3) is 9.75. The minimum Gasteiger partial charge on any atom is -0.0533 e. The Morgan fingerprint density at radius 1 is 0.209 bits per heavy atom. The quantitative estimate of drug-likeness (QED) is 0.284. The van der Waals surface area contributed by atoms with Crippen molar-refractivity contribution >= 4 is 0 Å². The maximum Gasteiger partial charge on any atom is -0.0179 e. The molecule has 3 atom stereocenters. The monoisotopic (exact) mass is 595 g/mol. The Balaban J connectivity index is 1.64. The highest BCUT2D eigenvalue weighted by Gasteiger charge is 2.57. The molecule has 0 aliphatic heterocycles. The molecule has 43 heavy (non-hydrogen) atoms. The third-order valence-corrected chi connectivity index (χ3v) is 14.6. The average molecular weight is 595 g/mol. The summed E-state index contributed by atoms with van der Waals surface area (Å²) >= 11 is 0. The molecule has 0 amide bonds. The van der Waals surface area contributed by atoms with Crippen LogP contribution in [0.3, 0.4) is 0 Å². The van der Waals surface area contributed by atoms with Crippen molar-refractivity contribution in [2.24, 2.45) is 40.9 Å². The summed E-state index contributed by atoms with van der Waals surface area (Å²) in [6.45, 7) is 0. The summed E-state index contributed by atoms with van der Waals surface area (Å²) in [6, 6.07) is 0. The molecule has 5 saturated carbocycles. The van der Waals surface area contributed by atoms with E-state index in [9.17, 15) is 0 Å². The number of hydrogen-bond donors (Lipinski definition) is 0. The molecule has 5 aliphatic rings. The lowest BCUT2D eigenvalue weighted by atomic mass is 9.43. The SMILES string of the molecule is C1CCCCC(C2CCCCCCCCCC(C3CCCCC3)C2(C2CCCCCCC2)C2CCCCCC2)CCCC1. The van der Waals surface area contributed by atoms with Crippen LogP contribution in [0.15, 0.2) is 0 Å². The Hall–Kier alpha value is 0. The molecular weight excluding hydrogens is 516 g/mol. The van der Waals surface area contributed by atoms with Gasteiger partial charge in [-0.05, 0) is 79.4 Å². The van der Waals surface area contributed by atoms with E-state index >= 15 is 0 Å². The van der Waals surface area contributed by atoms with Crippen LogP contribution in [0, 0.1) is 40.9 Å². The summed E-state index contributed by atoms with van der Waals surface area (Å²) in [5, 5.41) is 0. The lowest BCUT2D eigenvalue weighted by Crippen LogP contribution is -2.54. The van der Waals surface area contributed by atoms with Crippen molar-refractivity contribution in [2.45, 2.75) is 231 Å². The van der Waals surface area contributed by atoms with Gasteiger partial charge in [-0.15, -0.1) is 0 Å². The van der Waals surface area contributed by atoms with Crippen LogP contribution < -0.4 is 0 Å². The van der Waals surface area contributed by atoms with Crippen molar-refractivity contribution in [3.63, 3.8) is 0 Å². The fourth-order valence-electron chi connectivity index (χ4n) is 12.7. The standard InChI is InChI=1S/C43H78/c1-3-8-17-27-37(28-18-9-4-1)41-35-25-12-5-2-6-13-26-36-42(38-29-19-16-20-30-38)43(41,40-33-23-14-15-24-34-40)39-31-21-10-7-11-22-32-39/h37-42H,1-36H2. The number of hydrogen-bond acceptors (Lipinski definition) is 0. The highest BCUT2D eigenvalue weighted by atomic mass is 14.6. The van der Waals surface area contributed by atoms with Gasteiger partial charge in [-0.25, -0.2) is 0 Å². The minimum atomic E-state index is 0.664. The van der Waals surface area contributed by atoms with Crippen LogP contribution in [0.5, 0.6) is 0 Å². The zero-order valence-electron chi connectivity index (χ0n) is 29.4. The first-order valence-corrected chi connectivity index (χ1v) is 21.4. The Kier molecular flexibility index (Phi) is 15.7. The van der Waals surface area contributed by atoms with Crippen LogP contribution in [0.2, 0.25) is 0 Å². The summed E-state index contributed by atoms with van der Waals surface area (Å²) in [4.78, 5) is 0. The summed E-state index contributed by atoms with van der Waals surface area (Å²) < 4.78 is 0. The van der Waals surface area contributed by atoms with Gasteiger partial charge < -0.3 is 0 Å². The molecule has 0 heterocycles. The van der Waals surface area contributed by atoms with Gasteiger partial charge in [0.15, 0.2) is 0 Å². The zero-order chi connectivity index (χ0) is 29.4. The van der Waals surface area contributed by atoms with Crippen LogP contribution in [-0.4, -0.2) is 0 Å². The van der Waals surface area contributed by atoms with Crippen LogP contribution in [0.4, 0.5) is 0 Å². The van der Waals surface area contributed by atoms with Crippen molar-refractivity contribution in [3.8, 4) is 0 Å². The van der Waals surface area contributed by atoms with E-state index in [1.54, 1.807) is 167 Å². The molecule has 0 spiro atoms. The van der Waals surface area contributed by atoms with Crippen molar-refractivity contribution in [2.75, 3.05) is 0 Å². The highest BCUT2D eigenvalue weighted by molar-refractivity contribution is 5.05. The van der Waals surface area contributed by atoms with Crippen LogP contribution in [0.25, 0.3) is 0 Å². The highest BCUT2D eigenvalue weighted by Crippen LogP contribution is 2.64. The molecule has 5 fully saturated rings. The molecule has 0 nitrogen and oxygen atoms in total. The van der Waals surface area contributed by atoms with Gasteiger partial charge in [-0.2, -0.15) is 0 Å². The average Bonchev–Trinajstić information content (AvgIpc) is 3.31. The Bertz CT molecular complexity index is 677. The van der Waals surface area contributed by atoms with Gasteiger partial charge >= 0.3 is 0 Å². The molecule has 0 saturated heterocycles. The summed E-state index contributed by atoms with van der Waals surface area (Å²) in [7, 11) is 0. The van der Waals surface area contributed by atoms with Crippen LogP contribution >= 0.6 is 0 Å². The van der Waals surface area contributed by atoms with E-state index in [0.717, 1.165) is 35.5 Å². The Morgan fingerprint density at radius 3 is 0.721 bits per heavy atom. The first kappa shape index (κ1) is 34.3. The van der Waals surface area contributed by atoms with Gasteiger partial charge in [0.05, 0.1) is 0 Å². The van der Waals surface area contributed by atoms with E-state index in [4.69, 9.17) is 0 Å². The normalized spacial score (nSPS) is 34.6. The first-order valence-electron chi connectivity index (χ1n) is 21.4. The van der Waals surface area contributed by atoms with Crippen molar-refractivity contribution in [1.29, 1.82) is 0 Å². The molecular formula is C43H78. The Morgan fingerprint density at radius 2 is 0.419 bits per heavy atom. The van der Waals surface area contributed by atoms with E-state index in [1.807, 2.05) is 0 Å².